The Hall–Kier alpha value is -3.31. The average molecular weight is 383 g/mol. The molecule has 0 bridgehead atoms. The Morgan fingerprint density at radius 1 is 0.897 bits per heavy atom. The van der Waals surface area contributed by atoms with Crippen molar-refractivity contribution in [3.05, 3.63) is 95.6 Å². The second-order valence-electron chi connectivity index (χ2n) is 7.27. The minimum Gasteiger partial charge on any atom is -0.306 e. The van der Waals surface area contributed by atoms with Crippen molar-refractivity contribution in [2.24, 2.45) is 0 Å². The van der Waals surface area contributed by atoms with Crippen LogP contribution in [0, 0.1) is 13.8 Å². The first-order chi connectivity index (χ1) is 14.1. The van der Waals surface area contributed by atoms with Crippen molar-refractivity contribution in [3.63, 3.8) is 0 Å². The van der Waals surface area contributed by atoms with Gasteiger partial charge in [-0.15, -0.1) is 0 Å². The van der Waals surface area contributed by atoms with Gasteiger partial charge in [-0.25, -0.2) is 14.6 Å². The molecule has 1 unspecified atom stereocenters. The van der Waals surface area contributed by atoms with Crippen molar-refractivity contribution in [1.29, 1.82) is 0 Å². The number of rotatable bonds is 6. The maximum absolute atomic E-state index is 4.57. The van der Waals surface area contributed by atoms with Crippen LogP contribution in [0.3, 0.4) is 0 Å². The van der Waals surface area contributed by atoms with Gasteiger partial charge in [-0.3, -0.25) is 0 Å². The highest BCUT2D eigenvalue weighted by molar-refractivity contribution is 5.59. The summed E-state index contributed by atoms with van der Waals surface area (Å²) in [5, 5.41) is 8.13. The second kappa shape index (κ2) is 8.37. The number of nitrogens with zero attached hydrogens (tertiary/aromatic N) is 4. The Kier molecular flexibility index (Phi) is 5.49. The minimum absolute atomic E-state index is 0.170. The lowest BCUT2D eigenvalue weighted by Gasteiger charge is -2.14. The third-order valence-electron chi connectivity index (χ3n) is 5.22. The lowest BCUT2D eigenvalue weighted by atomic mass is 10.1. The van der Waals surface area contributed by atoms with Crippen LogP contribution in [0.5, 0.6) is 0 Å². The molecule has 29 heavy (non-hydrogen) atoms. The molecule has 4 rings (SSSR count). The van der Waals surface area contributed by atoms with Gasteiger partial charge in [0, 0.05) is 47.4 Å². The van der Waals surface area contributed by atoms with Crippen molar-refractivity contribution < 1.29 is 0 Å². The Labute approximate surface area is 171 Å². The van der Waals surface area contributed by atoms with Gasteiger partial charge in [0.15, 0.2) is 5.82 Å². The van der Waals surface area contributed by atoms with Gasteiger partial charge >= 0.3 is 0 Å². The van der Waals surface area contributed by atoms with Gasteiger partial charge in [0.2, 0.25) is 0 Å². The molecule has 0 amide bonds. The van der Waals surface area contributed by atoms with Crippen LogP contribution < -0.4 is 5.32 Å². The van der Waals surface area contributed by atoms with Crippen LogP contribution in [0.1, 0.15) is 35.3 Å². The maximum Gasteiger partial charge on any atom is 0.159 e. The quantitative estimate of drug-likeness (QED) is 0.520. The number of aromatic nitrogens is 4. The molecular formula is C24H25N5. The molecule has 146 valence electrons. The van der Waals surface area contributed by atoms with E-state index in [0.717, 1.165) is 28.3 Å². The fourth-order valence-electron chi connectivity index (χ4n) is 3.47. The summed E-state index contributed by atoms with van der Waals surface area (Å²) in [6, 6.07) is 18.5. The van der Waals surface area contributed by atoms with Crippen molar-refractivity contribution in [2.75, 3.05) is 0 Å². The fraction of sp³-hybridized carbons (Fsp3) is 0.208. The zero-order valence-corrected chi connectivity index (χ0v) is 17.0. The van der Waals surface area contributed by atoms with Crippen LogP contribution in [0.2, 0.25) is 0 Å². The molecule has 0 aliphatic carbocycles. The molecule has 2 heterocycles. The topological polar surface area (TPSA) is 55.6 Å². The molecule has 1 N–H and O–H groups in total. The highest BCUT2D eigenvalue weighted by atomic mass is 15.3. The lowest BCUT2D eigenvalue weighted by Crippen LogP contribution is -2.19. The molecule has 0 saturated carbocycles. The van der Waals surface area contributed by atoms with Gasteiger partial charge in [-0.05, 0) is 38.5 Å². The van der Waals surface area contributed by atoms with Crippen LogP contribution in [0.25, 0.3) is 17.1 Å². The molecule has 5 heteroatoms. The Balaban J connectivity index is 1.43. The molecule has 5 nitrogen and oxygen atoms in total. The third kappa shape index (κ3) is 4.10. The molecule has 0 radical (unpaired) electrons. The number of hydrogen-bond donors (Lipinski definition) is 1. The number of nitrogens with one attached hydrogen (secondary N) is 1. The van der Waals surface area contributed by atoms with E-state index in [1.54, 1.807) is 0 Å². The Morgan fingerprint density at radius 2 is 1.59 bits per heavy atom. The SMILES string of the molecule is Cc1ccccc1-c1ncc(CNC(C)c2cnn(-c3ccccc3)c2C)cn1. The van der Waals surface area contributed by atoms with E-state index in [2.05, 4.69) is 65.4 Å². The maximum atomic E-state index is 4.57. The van der Waals surface area contributed by atoms with Gasteiger partial charge in [0.25, 0.3) is 0 Å². The third-order valence-corrected chi connectivity index (χ3v) is 5.22. The summed E-state index contributed by atoms with van der Waals surface area (Å²) < 4.78 is 1.98. The molecule has 0 aliphatic heterocycles. The minimum atomic E-state index is 0.170. The van der Waals surface area contributed by atoms with Gasteiger partial charge in [-0.2, -0.15) is 5.10 Å². The standard InChI is InChI=1S/C24H25N5/c1-17-9-7-8-12-22(17)24-26-14-20(15-27-24)13-25-18(2)23-16-28-29(19(23)3)21-10-5-4-6-11-21/h4-12,14-16,18,25H,13H2,1-3H3. The second-order valence-corrected chi connectivity index (χ2v) is 7.27. The summed E-state index contributed by atoms with van der Waals surface area (Å²) in [7, 11) is 0. The molecule has 4 aromatic rings. The van der Waals surface area contributed by atoms with Gasteiger partial charge < -0.3 is 5.32 Å². The smallest absolute Gasteiger partial charge is 0.159 e. The normalized spacial score (nSPS) is 12.1. The number of benzene rings is 2. The number of aryl methyl sites for hydroxylation is 1. The molecule has 0 saturated heterocycles. The Morgan fingerprint density at radius 3 is 2.31 bits per heavy atom. The van der Waals surface area contributed by atoms with E-state index >= 15 is 0 Å². The summed E-state index contributed by atoms with van der Waals surface area (Å²) in [6.07, 6.45) is 5.74. The van der Waals surface area contributed by atoms with Crippen LogP contribution in [0.4, 0.5) is 0 Å². The van der Waals surface area contributed by atoms with Crippen LogP contribution in [-0.4, -0.2) is 19.7 Å². The zero-order valence-electron chi connectivity index (χ0n) is 17.0. The molecule has 0 spiro atoms. The summed E-state index contributed by atoms with van der Waals surface area (Å²) in [5.74, 6) is 0.764. The summed E-state index contributed by atoms with van der Waals surface area (Å²) in [6.45, 7) is 7.04. The predicted octanol–water partition coefficient (Wildman–Crippen LogP) is 4.80. The first-order valence-corrected chi connectivity index (χ1v) is 9.83. The molecule has 0 fully saturated rings. The first-order valence-electron chi connectivity index (χ1n) is 9.83. The first kappa shape index (κ1) is 19.0. The average Bonchev–Trinajstić information content (AvgIpc) is 3.15. The zero-order chi connectivity index (χ0) is 20.2. The monoisotopic (exact) mass is 383 g/mol. The van der Waals surface area contributed by atoms with E-state index in [1.807, 2.05) is 53.6 Å². The van der Waals surface area contributed by atoms with E-state index in [1.165, 1.54) is 11.1 Å². The van der Waals surface area contributed by atoms with Crippen LogP contribution in [-0.2, 0) is 6.54 Å². The van der Waals surface area contributed by atoms with E-state index in [9.17, 15) is 0 Å². The van der Waals surface area contributed by atoms with Crippen LogP contribution >= 0.6 is 0 Å². The van der Waals surface area contributed by atoms with Crippen molar-refractivity contribution in [2.45, 2.75) is 33.4 Å². The van der Waals surface area contributed by atoms with E-state index in [-0.39, 0.29) is 6.04 Å². The molecule has 2 aromatic carbocycles. The molecule has 2 aromatic heterocycles. The fourth-order valence-corrected chi connectivity index (χ4v) is 3.47. The van der Waals surface area contributed by atoms with Crippen molar-refractivity contribution in [1.82, 2.24) is 25.1 Å². The lowest BCUT2D eigenvalue weighted by molar-refractivity contribution is 0.570. The van der Waals surface area contributed by atoms with Gasteiger partial charge in [0.05, 0.1) is 11.9 Å². The number of hydrogen-bond acceptors (Lipinski definition) is 4. The highest BCUT2D eigenvalue weighted by Gasteiger charge is 2.14. The van der Waals surface area contributed by atoms with Crippen molar-refractivity contribution in [3.8, 4) is 17.1 Å². The van der Waals surface area contributed by atoms with E-state index in [0.29, 0.717) is 6.54 Å². The van der Waals surface area contributed by atoms with Gasteiger partial charge in [0.1, 0.15) is 0 Å². The van der Waals surface area contributed by atoms with Crippen LogP contribution in [0.15, 0.2) is 73.2 Å². The molecule has 0 aliphatic rings. The van der Waals surface area contributed by atoms with Crippen molar-refractivity contribution >= 4 is 0 Å². The molecule has 1 atom stereocenters. The largest absolute Gasteiger partial charge is 0.306 e. The Bertz CT molecular complexity index is 1080. The van der Waals surface area contributed by atoms with E-state index < -0.39 is 0 Å². The van der Waals surface area contributed by atoms with Gasteiger partial charge in [-0.1, -0.05) is 42.5 Å². The summed E-state index contributed by atoms with van der Waals surface area (Å²) in [5.41, 5.74) is 6.71. The highest BCUT2D eigenvalue weighted by Crippen LogP contribution is 2.21. The summed E-state index contributed by atoms with van der Waals surface area (Å²) >= 11 is 0. The van der Waals surface area contributed by atoms with E-state index in [4.69, 9.17) is 0 Å². The molecular weight excluding hydrogens is 358 g/mol. The summed E-state index contributed by atoms with van der Waals surface area (Å²) in [4.78, 5) is 9.11. The number of para-hydroxylation sites is 1. The predicted molar refractivity (Wildman–Crippen MR) is 116 cm³/mol.